The average molecular weight is 966 g/mol. The van der Waals surface area contributed by atoms with Crippen LogP contribution in [0.15, 0.2) is 83.3 Å². The Labute approximate surface area is 438 Å². The minimum Gasteiger partial charge on any atom is -0.454 e. The van der Waals surface area contributed by atoms with Gasteiger partial charge in [0.2, 0.25) is 0 Å². The lowest BCUT2D eigenvalue weighted by atomic mass is 9.32. The Morgan fingerprint density at radius 1 is 0.479 bits per heavy atom. The maximum atomic E-state index is 7.44. The Balaban J connectivity index is 1.20. The molecule has 6 aromatic carbocycles. The fraction of sp³-hybridized carbons (Fsp3) is 0.471. The highest BCUT2D eigenvalue weighted by Gasteiger charge is 2.63. The molecule has 2 aliphatic carbocycles. The largest absolute Gasteiger partial charge is 0.454 e. The van der Waals surface area contributed by atoms with Gasteiger partial charge in [-0.15, -0.1) is 0 Å². The molecule has 13 rings (SSSR count). The summed E-state index contributed by atoms with van der Waals surface area (Å²) in [5.74, 6) is 0. The average Bonchev–Trinajstić information content (AvgIpc) is 3.86. The van der Waals surface area contributed by atoms with E-state index in [0.29, 0.717) is 0 Å². The predicted molar refractivity (Wildman–Crippen MR) is 314 cm³/mol. The first-order chi connectivity index (χ1) is 34.2. The quantitative estimate of drug-likeness (QED) is 0.161. The predicted octanol–water partition coefficient (Wildman–Crippen LogP) is 16.8. The van der Waals surface area contributed by atoms with Gasteiger partial charge >= 0.3 is 0 Å². The number of anilines is 7. The summed E-state index contributed by atoms with van der Waals surface area (Å²) >= 11 is 0. The Hall–Kier alpha value is -5.42. The van der Waals surface area contributed by atoms with Crippen LogP contribution in [0.3, 0.4) is 0 Å². The van der Waals surface area contributed by atoms with E-state index in [2.05, 4.69) is 211 Å². The third-order valence-corrected chi connectivity index (χ3v) is 20.8. The summed E-state index contributed by atoms with van der Waals surface area (Å²) in [5, 5.41) is 2.39. The van der Waals surface area contributed by atoms with E-state index in [9.17, 15) is 0 Å². The zero-order valence-corrected chi connectivity index (χ0v) is 47.5. The van der Waals surface area contributed by atoms with Crippen molar-refractivity contribution in [3.05, 3.63) is 129 Å². The maximum Gasteiger partial charge on any atom is 0.252 e. The fourth-order valence-corrected chi connectivity index (χ4v) is 16.5. The van der Waals surface area contributed by atoms with Crippen LogP contribution in [0.2, 0.25) is 0 Å². The highest BCUT2D eigenvalue weighted by Crippen LogP contribution is 2.66. The minimum atomic E-state index is -0.127. The van der Waals surface area contributed by atoms with Crippen LogP contribution in [-0.4, -0.2) is 17.8 Å². The number of furan rings is 1. The smallest absolute Gasteiger partial charge is 0.252 e. The number of rotatable bonds is 2. The highest BCUT2D eigenvalue weighted by molar-refractivity contribution is 7.01. The van der Waals surface area contributed by atoms with Crippen LogP contribution >= 0.6 is 0 Å². The first-order valence-corrected chi connectivity index (χ1v) is 28.2. The zero-order valence-electron chi connectivity index (χ0n) is 47.5. The molecule has 0 N–H and O–H groups in total. The van der Waals surface area contributed by atoms with Gasteiger partial charge in [0.25, 0.3) is 6.71 Å². The molecule has 2 saturated carbocycles. The van der Waals surface area contributed by atoms with Crippen molar-refractivity contribution in [1.29, 1.82) is 0 Å². The molecular formula is C68H80BN3O. The number of fused-ring (bicyclic) bond motifs is 14. The standard InChI is InChI=1S/C68H80BN3O/c1-39-32-40(2)56-60-55(39)66(15)29-19-21-31-68(66,17)72(60)53-38-46(71-51-26-22-44(63(8,9)10)36-49(51)65(14)28-18-20-30-67(65,71)16)37-52-57(53)69(56)50-25-24-47-48-35-43(62(5,6)7)23-27-54(48)73-61(47)59(50)70(52)58-41(3)33-45(34-42(58)4)64(11,12)13/h22-27,32-38H,18-21,28-31H2,1-17H3. The summed E-state index contributed by atoms with van der Waals surface area (Å²) in [6.07, 6.45) is 9.72. The van der Waals surface area contributed by atoms with Crippen molar-refractivity contribution in [2.24, 2.45) is 0 Å². The van der Waals surface area contributed by atoms with E-state index in [4.69, 9.17) is 4.42 Å². The molecule has 2 fully saturated rings. The second kappa shape index (κ2) is 14.7. The molecule has 4 unspecified atom stereocenters. The lowest BCUT2D eigenvalue weighted by Gasteiger charge is -2.54. The summed E-state index contributed by atoms with van der Waals surface area (Å²) in [4.78, 5) is 8.58. The molecule has 6 aliphatic rings. The first-order valence-electron chi connectivity index (χ1n) is 28.2. The van der Waals surface area contributed by atoms with Gasteiger partial charge in [-0.2, -0.15) is 0 Å². The second-order valence-corrected chi connectivity index (χ2v) is 28.2. The Morgan fingerprint density at radius 3 is 1.73 bits per heavy atom. The summed E-state index contributed by atoms with van der Waals surface area (Å²) in [6.45, 7) is 41.3. The van der Waals surface area contributed by atoms with Crippen LogP contribution < -0.4 is 31.1 Å². The van der Waals surface area contributed by atoms with Gasteiger partial charge < -0.3 is 19.1 Å². The number of benzene rings is 6. The van der Waals surface area contributed by atoms with Gasteiger partial charge in [-0.25, -0.2) is 0 Å². The van der Waals surface area contributed by atoms with Crippen molar-refractivity contribution in [2.75, 3.05) is 14.7 Å². The van der Waals surface area contributed by atoms with E-state index in [1.54, 1.807) is 5.56 Å². The van der Waals surface area contributed by atoms with Crippen molar-refractivity contribution in [3.8, 4) is 0 Å². The van der Waals surface area contributed by atoms with Crippen LogP contribution in [0.25, 0.3) is 21.9 Å². The minimum absolute atomic E-state index is 0.00179. The number of aryl methyl sites for hydroxylation is 4. The molecule has 4 aliphatic heterocycles. The van der Waals surface area contributed by atoms with E-state index in [0.717, 1.165) is 17.6 Å². The molecule has 0 bridgehead atoms. The monoisotopic (exact) mass is 966 g/mol. The molecule has 5 heterocycles. The molecule has 4 nitrogen and oxygen atoms in total. The van der Waals surface area contributed by atoms with E-state index in [1.807, 2.05) is 0 Å². The number of hydrogen-bond acceptors (Lipinski definition) is 4. The van der Waals surface area contributed by atoms with Crippen LogP contribution in [0, 0.1) is 27.7 Å². The van der Waals surface area contributed by atoms with Gasteiger partial charge in [0.15, 0.2) is 5.58 Å². The fourth-order valence-electron chi connectivity index (χ4n) is 16.5. The van der Waals surface area contributed by atoms with Gasteiger partial charge in [0, 0.05) is 50.0 Å². The molecule has 1 aromatic heterocycles. The van der Waals surface area contributed by atoms with Crippen LogP contribution in [0.5, 0.6) is 0 Å². The van der Waals surface area contributed by atoms with Gasteiger partial charge in [0.1, 0.15) is 5.58 Å². The third-order valence-electron chi connectivity index (χ3n) is 20.8. The lowest BCUT2D eigenvalue weighted by molar-refractivity contribution is 0.193. The van der Waals surface area contributed by atoms with E-state index < -0.39 is 0 Å². The number of hydrogen-bond donors (Lipinski definition) is 0. The summed E-state index contributed by atoms with van der Waals surface area (Å²) in [7, 11) is 0. The summed E-state index contributed by atoms with van der Waals surface area (Å²) < 4.78 is 7.44. The van der Waals surface area contributed by atoms with Gasteiger partial charge in [-0.1, -0.05) is 156 Å². The van der Waals surface area contributed by atoms with Gasteiger partial charge in [0.05, 0.1) is 22.5 Å². The van der Waals surface area contributed by atoms with Gasteiger partial charge in [-0.05, 0) is 175 Å². The molecule has 5 heteroatoms. The summed E-state index contributed by atoms with van der Waals surface area (Å²) in [6, 6.07) is 32.4. The van der Waals surface area contributed by atoms with Crippen LogP contribution in [0.4, 0.5) is 39.8 Å². The van der Waals surface area contributed by atoms with E-state index in [1.165, 1.54) is 156 Å². The van der Waals surface area contributed by atoms with Gasteiger partial charge in [-0.3, -0.25) is 0 Å². The summed E-state index contributed by atoms with van der Waals surface area (Å²) in [5.41, 5.74) is 28.1. The first kappa shape index (κ1) is 47.3. The Bertz CT molecular complexity index is 3550. The lowest BCUT2D eigenvalue weighted by Crippen LogP contribution is -2.65. The normalized spacial score (nSPS) is 25.0. The molecule has 4 atom stereocenters. The van der Waals surface area contributed by atoms with Crippen molar-refractivity contribution >= 4 is 84.9 Å². The molecule has 376 valence electrons. The Kier molecular flexibility index (Phi) is 9.53. The molecule has 0 amide bonds. The van der Waals surface area contributed by atoms with Crippen molar-refractivity contribution in [2.45, 2.75) is 207 Å². The van der Waals surface area contributed by atoms with E-state index in [-0.39, 0.29) is 44.9 Å². The molecule has 73 heavy (non-hydrogen) atoms. The molecular weight excluding hydrogens is 886 g/mol. The molecule has 0 spiro atoms. The number of nitrogens with zero attached hydrogens (tertiary/aromatic N) is 3. The van der Waals surface area contributed by atoms with Crippen molar-refractivity contribution < 1.29 is 4.42 Å². The Morgan fingerprint density at radius 2 is 1.07 bits per heavy atom. The second-order valence-electron chi connectivity index (χ2n) is 28.2. The van der Waals surface area contributed by atoms with Crippen LogP contribution in [-0.2, 0) is 27.1 Å². The SMILES string of the molecule is Cc1cc(C)c2c3c1B1c4ccc5c(oc6ccc(C(C)(C)C)cc65)c4N(c4c(C)cc(C(C)(C)C)cc4C)c4cc(N5c6ccc(C(C)(C)C)cc6C6(C)CCCCC56C)cc(c41)N3C1(C)CCCCC21C. The highest BCUT2D eigenvalue weighted by atomic mass is 16.3. The van der Waals surface area contributed by atoms with Crippen molar-refractivity contribution in [1.82, 2.24) is 0 Å². The zero-order chi connectivity index (χ0) is 51.6. The third kappa shape index (κ3) is 5.98. The van der Waals surface area contributed by atoms with Crippen molar-refractivity contribution in [3.63, 3.8) is 0 Å². The van der Waals surface area contributed by atoms with Crippen LogP contribution in [0.1, 0.15) is 191 Å². The van der Waals surface area contributed by atoms with E-state index >= 15 is 0 Å². The molecule has 7 aromatic rings. The molecule has 0 radical (unpaired) electrons. The maximum absolute atomic E-state index is 7.44. The topological polar surface area (TPSA) is 22.9 Å². The molecule has 0 saturated heterocycles.